The van der Waals surface area contributed by atoms with E-state index >= 15 is 0 Å². The van der Waals surface area contributed by atoms with Crippen molar-refractivity contribution in [3.05, 3.63) is 22.4 Å². The molecule has 1 fully saturated rings. The summed E-state index contributed by atoms with van der Waals surface area (Å²) in [6, 6.07) is 4.40. The summed E-state index contributed by atoms with van der Waals surface area (Å²) in [7, 11) is 0. The van der Waals surface area contributed by atoms with Gasteiger partial charge in [0.05, 0.1) is 5.41 Å². The van der Waals surface area contributed by atoms with Crippen LogP contribution in [0.15, 0.2) is 17.5 Å². The maximum Gasteiger partial charge on any atom is 0.227 e. The van der Waals surface area contributed by atoms with Gasteiger partial charge in [0.2, 0.25) is 5.91 Å². The SMILES string of the molecule is CCCC1(C(=O)NC(C)Cc2cccs2)CCNC1. The lowest BCUT2D eigenvalue weighted by atomic mass is 9.81. The van der Waals surface area contributed by atoms with Crippen LogP contribution in [-0.2, 0) is 11.2 Å². The summed E-state index contributed by atoms with van der Waals surface area (Å²) < 4.78 is 0. The van der Waals surface area contributed by atoms with Crippen LogP contribution < -0.4 is 10.6 Å². The number of carbonyl (C=O) groups is 1. The van der Waals surface area contributed by atoms with E-state index in [-0.39, 0.29) is 17.4 Å². The third-order valence-corrected chi connectivity index (χ3v) is 4.82. The number of hydrogen-bond acceptors (Lipinski definition) is 3. The second-order valence-electron chi connectivity index (χ2n) is 5.62. The molecule has 2 atom stereocenters. The van der Waals surface area contributed by atoms with E-state index in [1.54, 1.807) is 11.3 Å². The van der Waals surface area contributed by atoms with E-state index in [2.05, 4.69) is 42.0 Å². The van der Waals surface area contributed by atoms with E-state index in [0.29, 0.717) is 0 Å². The Labute approximate surface area is 119 Å². The van der Waals surface area contributed by atoms with Crippen LogP contribution in [0.3, 0.4) is 0 Å². The summed E-state index contributed by atoms with van der Waals surface area (Å²) in [5.41, 5.74) is -0.168. The molecular weight excluding hydrogens is 256 g/mol. The first-order chi connectivity index (χ1) is 9.16. The molecule has 0 aromatic carbocycles. The van der Waals surface area contributed by atoms with E-state index in [0.717, 1.165) is 38.8 Å². The predicted molar refractivity (Wildman–Crippen MR) is 80.5 cm³/mol. The molecule has 0 bridgehead atoms. The van der Waals surface area contributed by atoms with Gasteiger partial charge in [-0.1, -0.05) is 19.4 Å². The fraction of sp³-hybridized carbons (Fsp3) is 0.667. The molecule has 2 rings (SSSR count). The number of hydrogen-bond donors (Lipinski definition) is 2. The molecule has 2 unspecified atom stereocenters. The van der Waals surface area contributed by atoms with Crippen LogP contribution in [0.25, 0.3) is 0 Å². The highest BCUT2D eigenvalue weighted by Crippen LogP contribution is 2.31. The van der Waals surface area contributed by atoms with Gasteiger partial charge >= 0.3 is 0 Å². The second-order valence-corrected chi connectivity index (χ2v) is 6.65. The van der Waals surface area contributed by atoms with Crippen molar-refractivity contribution in [1.29, 1.82) is 0 Å². The summed E-state index contributed by atoms with van der Waals surface area (Å²) in [6.07, 6.45) is 3.95. The van der Waals surface area contributed by atoms with Gasteiger partial charge in [0.1, 0.15) is 0 Å². The van der Waals surface area contributed by atoms with Crippen LogP contribution in [-0.4, -0.2) is 25.0 Å². The van der Waals surface area contributed by atoms with Crippen molar-refractivity contribution in [3.63, 3.8) is 0 Å². The number of rotatable bonds is 6. The molecule has 1 aromatic rings. The molecule has 1 amide bonds. The molecule has 2 heterocycles. The Morgan fingerprint density at radius 2 is 2.47 bits per heavy atom. The van der Waals surface area contributed by atoms with Crippen molar-refractivity contribution in [3.8, 4) is 0 Å². The molecule has 19 heavy (non-hydrogen) atoms. The average Bonchev–Trinajstić information content (AvgIpc) is 3.01. The Morgan fingerprint density at radius 3 is 3.05 bits per heavy atom. The molecule has 3 nitrogen and oxygen atoms in total. The van der Waals surface area contributed by atoms with Gasteiger partial charge in [-0.15, -0.1) is 11.3 Å². The van der Waals surface area contributed by atoms with Crippen molar-refractivity contribution in [2.75, 3.05) is 13.1 Å². The summed E-state index contributed by atoms with van der Waals surface area (Å²) in [5.74, 6) is 0.239. The van der Waals surface area contributed by atoms with Crippen molar-refractivity contribution in [2.45, 2.75) is 45.6 Å². The highest BCUT2D eigenvalue weighted by Gasteiger charge is 2.40. The van der Waals surface area contributed by atoms with Crippen molar-refractivity contribution in [2.24, 2.45) is 5.41 Å². The lowest BCUT2D eigenvalue weighted by molar-refractivity contribution is -0.131. The zero-order valence-corrected chi connectivity index (χ0v) is 12.7. The van der Waals surface area contributed by atoms with Crippen molar-refractivity contribution >= 4 is 17.2 Å². The van der Waals surface area contributed by atoms with Crippen LogP contribution in [0.4, 0.5) is 0 Å². The van der Waals surface area contributed by atoms with Crippen LogP contribution in [0, 0.1) is 5.41 Å². The molecule has 2 N–H and O–H groups in total. The molecule has 0 spiro atoms. The van der Waals surface area contributed by atoms with E-state index in [1.165, 1.54) is 4.88 Å². The maximum absolute atomic E-state index is 12.5. The topological polar surface area (TPSA) is 41.1 Å². The van der Waals surface area contributed by atoms with E-state index in [9.17, 15) is 4.79 Å². The van der Waals surface area contributed by atoms with Gasteiger partial charge in [0, 0.05) is 23.9 Å². The highest BCUT2D eigenvalue weighted by atomic mass is 32.1. The number of nitrogens with one attached hydrogen (secondary N) is 2. The zero-order valence-electron chi connectivity index (χ0n) is 11.9. The van der Waals surface area contributed by atoms with Gasteiger partial charge in [0.15, 0.2) is 0 Å². The molecule has 1 aromatic heterocycles. The van der Waals surface area contributed by atoms with Gasteiger partial charge in [-0.3, -0.25) is 4.79 Å². The Balaban J connectivity index is 1.91. The van der Waals surface area contributed by atoms with E-state index in [1.807, 2.05) is 0 Å². The van der Waals surface area contributed by atoms with Crippen molar-refractivity contribution in [1.82, 2.24) is 10.6 Å². The first kappa shape index (κ1) is 14.5. The minimum absolute atomic E-state index is 0.168. The molecule has 0 saturated carbocycles. The van der Waals surface area contributed by atoms with E-state index < -0.39 is 0 Å². The lowest BCUT2D eigenvalue weighted by Crippen LogP contribution is -2.46. The van der Waals surface area contributed by atoms with E-state index in [4.69, 9.17) is 0 Å². The summed E-state index contributed by atoms with van der Waals surface area (Å²) >= 11 is 1.76. The molecule has 0 aliphatic carbocycles. The summed E-state index contributed by atoms with van der Waals surface area (Å²) in [5, 5.41) is 8.64. The molecule has 1 saturated heterocycles. The zero-order chi connectivity index (χ0) is 13.7. The van der Waals surface area contributed by atoms with Crippen molar-refractivity contribution < 1.29 is 4.79 Å². The maximum atomic E-state index is 12.5. The summed E-state index contributed by atoms with van der Waals surface area (Å²) in [6.45, 7) is 6.05. The molecule has 106 valence electrons. The Hall–Kier alpha value is -0.870. The fourth-order valence-electron chi connectivity index (χ4n) is 2.90. The van der Waals surface area contributed by atoms with Gasteiger partial charge in [-0.25, -0.2) is 0 Å². The molecular formula is C15H24N2OS. The largest absolute Gasteiger partial charge is 0.353 e. The van der Waals surface area contributed by atoms with Crippen LogP contribution >= 0.6 is 11.3 Å². The minimum Gasteiger partial charge on any atom is -0.353 e. The highest BCUT2D eigenvalue weighted by molar-refractivity contribution is 7.09. The summed E-state index contributed by atoms with van der Waals surface area (Å²) in [4.78, 5) is 13.9. The quantitative estimate of drug-likeness (QED) is 0.841. The third-order valence-electron chi connectivity index (χ3n) is 3.92. The normalized spacial score (nSPS) is 24.3. The number of thiophene rings is 1. The van der Waals surface area contributed by atoms with Crippen LogP contribution in [0.5, 0.6) is 0 Å². The molecule has 1 aliphatic heterocycles. The fourth-order valence-corrected chi connectivity index (χ4v) is 3.74. The molecule has 1 aliphatic rings. The smallest absolute Gasteiger partial charge is 0.227 e. The Morgan fingerprint density at radius 1 is 1.63 bits per heavy atom. The first-order valence-corrected chi connectivity index (χ1v) is 8.08. The average molecular weight is 280 g/mol. The predicted octanol–water partition coefficient (Wildman–Crippen LogP) is 2.58. The van der Waals surface area contributed by atoms with Crippen LogP contribution in [0.1, 0.15) is 38.0 Å². The monoisotopic (exact) mass is 280 g/mol. The Bertz CT molecular complexity index is 396. The number of amides is 1. The number of carbonyl (C=O) groups excluding carboxylic acids is 1. The molecule has 4 heteroatoms. The minimum atomic E-state index is -0.168. The lowest BCUT2D eigenvalue weighted by Gasteiger charge is -2.28. The Kier molecular flexibility index (Phi) is 4.99. The van der Waals surface area contributed by atoms with Gasteiger partial charge in [0.25, 0.3) is 0 Å². The standard InChI is InChI=1S/C15H24N2OS/c1-3-6-15(7-8-16-11-15)14(18)17-12(2)10-13-5-4-9-19-13/h4-5,9,12,16H,3,6-8,10-11H2,1-2H3,(H,17,18). The molecule has 0 radical (unpaired) electrons. The second kappa shape index (κ2) is 6.53. The third kappa shape index (κ3) is 3.57. The van der Waals surface area contributed by atoms with Gasteiger partial charge in [-0.05, 0) is 37.8 Å². The van der Waals surface area contributed by atoms with Gasteiger partial charge in [-0.2, -0.15) is 0 Å². The van der Waals surface area contributed by atoms with Gasteiger partial charge < -0.3 is 10.6 Å². The van der Waals surface area contributed by atoms with Crippen LogP contribution in [0.2, 0.25) is 0 Å². The first-order valence-electron chi connectivity index (χ1n) is 7.20.